The Bertz CT molecular complexity index is 599. The summed E-state index contributed by atoms with van der Waals surface area (Å²) >= 11 is 1.38. The minimum atomic E-state index is -0.210. The zero-order valence-corrected chi connectivity index (χ0v) is 13.6. The maximum atomic E-state index is 12.2. The number of anilines is 1. The summed E-state index contributed by atoms with van der Waals surface area (Å²) in [5.74, 6) is 1.06. The van der Waals surface area contributed by atoms with Gasteiger partial charge in [0.25, 0.3) is 5.91 Å². The van der Waals surface area contributed by atoms with Gasteiger partial charge in [-0.15, -0.1) is 11.3 Å². The molecule has 6 heteroatoms. The molecule has 1 aromatic carbocycles. The third kappa shape index (κ3) is 4.46. The largest absolute Gasteiger partial charge is 0.490 e. The first kappa shape index (κ1) is 16.3. The van der Waals surface area contributed by atoms with E-state index in [2.05, 4.69) is 10.3 Å². The highest BCUT2D eigenvalue weighted by Crippen LogP contribution is 2.29. The predicted octanol–water partition coefficient (Wildman–Crippen LogP) is 3.97. The zero-order valence-electron chi connectivity index (χ0n) is 12.8. The Kier molecular flexibility index (Phi) is 6.21. The number of nitrogens with one attached hydrogen (secondary N) is 1. The first-order valence-corrected chi connectivity index (χ1v) is 8.23. The van der Waals surface area contributed by atoms with Crippen LogP contribution in [-0.2, 0) is 0 Å². The molecule has 0 unspecified atom stereocenters. The van der Waals surface area contributed by atoms with Gasteiger partial charge in [0, 0.05) is 17.1 Å². The van der Waals surface area contributed by atoms with Crippen molar-refractivity contribution in [2.45, 2.75) is 26.7 Å². The fraction of sp³-hybridized carbons (Fsp3) is 0.375. The summed E-state index contributed by atoms with van der Waals surface area (Å²) in [5, 5.41) is 5.15. The average molecular weight is 320 g/mol. The molecule has 2 rings (SSSR count). The van der Waals surface area contributed by atoms with Crippen LogP contribution in [0.15, 0.2) is 29.8 Å². The second-order valence-electron chi connectivity index (χ2n) is 4.65. The Morgan fingerprint density at radius 1 is 1.18 bits per heavy atom. The lowest BCUT2D eigenvalue weighted by atomic mass is 10.2. The number of thiazole rings is 1. The van der Waals surface area contributed by atoms with Crippen molar-refractivity contribution in [3.8, 4) is 11.5 Å². The molecule has 0 aliphatic heterocycles. The van der Waals surface area contributed by atoms with Crippen LogP contribution in [-0.4, -0.2) is 24.1 Å². The molecular weight excluding hydrogens is 300 g/mol. The number of nitrogens with zero attached hydrogens (tertiary/aromatic N) is 1. The second kappa shape index (κ2) is 8.38. The number of aromatic nitrogens is 1. The number of carbonyl (C=O) groups excluding carboxylic acids is 1. The maximum Gasteiger partial charge on any atom is 0.257 e. The molecule has 0 spiro atoms. The number of hydrogen-bond donors (Lipinski definition) is 1. The molecule has 0 radical (unpaired) electrons. The molecular formula is C16H20N2O3S. The van der Waals surface area contributed by atoms with Gasteiger partial charge in [0.2, 0.25) is 0 Å². The van der Waals surface area contributed by atoms with Gasteiger partial charge in [-0.25, -0.2) is 4.98 Å². The summed E-state index contributed by atoms with van der Waals surface area (Å²) in [6.07, 6.45) is 3.46. The molecule has 0 bridgehead atoms. The number of carbonyl (C=O) groups is 1. The topological polar surface area (TPSA) is 60.5 Å². The van der Waals surface area contributed by atoms with E-state index in [0.717, 1.165) is 12.8 Å². The van der Waals surface area contributed by atoms with Crippen molar-refractivity contribution >= 4 is 22.4 Å². The first-order chi connectivity index (χ1) is 10.7. The van der Waals surface area contributed by atoms with Crippen LogP contribution in [0.2, 0.25) is 0 Å². The van der Waals surface area contributed by atoms with Gasteiger partial charge in [-0.3, -0.25) is 10.1 Å². The van der Waals surface area contributed by atoms with E-state index in [0.29, 0.717) is 35.4 Å². The summed E-state index contributed by atoms with van der Waals surface area (Å²) in [4.78, 5) is 16.3. The molecule has 0 saturated heterocycles. The van der Waals surface area contributed by atoms with Crippen LogP contribution in [0.4, 0.5) is 5.13 Å². The molecule has 1 heterocycles. The summed E-state index contributed by atoms with van der Waals surface area (Å²) in [7, 11) is 0. The molecule has 5 nitrogen and oxygen atoms in total. The Balaban J connectivity index is 2.15. The minimum Gasteiger partial charge on any atom is -0.490 e. The van der Waals surface area contributed by atoms with Gasteiger partial charge in [0.05, 0.1) is 13.2 Å². The van der Waals surface area contributed by atoms with E-state index >= 15 is 0 Å². The lowest BCUT2D eigenvalue weighted by Gasteiger charge is -2.13. The third-order valence-corrected chi connectivity index (χ3v) is 3.47. The lowest BCUT2D eigenvalue weighted by molar-refractivity contribution is 0.102. The monoisotopic (exact) mass is 320 g/mol. The van der Waals surface area contributed by atoms with Crippen LogP contribution >= 0.6 is 11.3 Å². The van der Waals surface area contributed by atoms with Gasteiger partial charge in [-0.1, -0.05) is 13.8 Å². The molecule has 1 N–H and O–H groups in total. The smallest absolute Gasteiger partial charge is 0.257 e. The van der Waals surface area contributed by atoms with E-state index in [1.165, 1.54) is 11.3 Å². The molecule has 118 valence electrons. The Morgan fingerprint density at radius 2 is 1.91 bits per heavy atom. The summed E-state index contributed by atoms with van der Waals surface area (Å²) in [5.41, 5.74) is 0.519. The van der Waals surface area contributed by atoms with E-state index in [1.54, 1.807) is 24.4 Å². The number of amides is 1. The average Bonchev–Trinajstić information content (AvgIpc) is 3.04. The zero-order chi connectivity index (χ0) is 15.8. The molecule has 22 heavy (non-hydrogen) atoms. The molecule has 1 aromatic heterocycles. The van der Waals surface area contributed by atoms with Gasteiger partial charge in [0.15, 0.2) is 16.6 Å². The van der Waals surface area contributed by atoms with Crippen LogP contribution in [0, 0.1) is 0 Å². The summed E-state index contributed by atoms with van der Waals surface area (Å²) < 4.78 is 11.3. The van der Waals surface area contributed by atoms with Crippen molar-refractivity contribution in [3.63, 3.8) is 0 Å². The summed E-state index contributed by atoms with van der Waals surface area (Å²) in [6, 6.07) is 5.22. The Morgan fingerprint density at radius 3 is 2.55 bits per heavy atom. The van der Waals surface area contributed by atoms with E-state index in [9.17, 15) is 4.79 Å². The van der Waals surface area contributed by atoms with Crippen LogP contribution < -0.4 is 14.8 Å². The highest BCUT2D eigenvalue weighted by Gasteiger charge is 2.12. The first-order valence-electron chi connectivity index (χ1n) is 7.35. The fourth-order valence-electron chi connectivity index (χ4n) is 1.76. The highest BCUT2D eigenvalue weighted by molar-refractivity contribution is 7.13. The van der Waals surface area contributed by atoms with E-state index in [-0.39, 0.29) is 5.91 Å². The van der Waals surface area contributed by atoms with Gasteiger partial charge in [0.1, 0.15) is 0 Å². The SMILES string of the molecule is CCCOc1ccc(C(=O)Nc2nccs2)cc1OCCC. The van der Waals surface area contributed by atoms with Gasteiger partial charge in [-0.05, 0) is 31.0 Å². The van der Waals surface area contributed by atoms with Crippen LogP contribution in [0.5, 0.6) is 11.5 Å². The molecule has 0 aliphatic rings. The van der Waals surface area contributed by atoms with Crippen molar-refractivity contribution in [2.75, 3.05) is 18.5 Å². The van der Waals surface area contributed by atoms with Crippen molar-refractivity contribution in [3.05, 3.63) is 35.3 Å². The van der Waals surface area contributed by atoms with Crippen molar-refractivity contribution in [2.24, 2.45) is 0 Å². The summed E-state index contributed by atoms with van der Waals surface area (Å²) in [6.45, 7) is 5.28. The fourth-order valence-corrected chi connectivity index (χ4v) is 2.28. The van der Waals surface area contributed by atoms with Crippen molar-refractivity contribution < 1.29 is 14.3 Å². The van der Waals surface area contributed by atoms with Gasteiger partial charge < -0.3 is 9.47 Å². The normalized spacial score (nSPS) is 10.3. The van der Waals surface area contributed by atoms with Crippen LogP contribution in [0.3, 0.4) is 0 Å². The van der Waals surface area contributed by atoms with Crippen LogP contribution in [0.25, 0.3) is 0 Å². The van der Waals surface area contributed by atoms with Crippen LogP contribution in [0.1, 0.15) is 37.0 Å². The van der Waals surface area contributed by atoms with E-state index in [1.807, 2.05) is 19.2 Å². The quantitative estimate of drug-likeness (QED) is 0.799. The Labute approximate surface area is 134 Å². The lowest BCUT2D eigenvalue weighted by Crippen LogP contribution is -2.12. The third-order valence-electron chi connectivity index (χ3n) is 2.78. The number of ether oxygens (including phenoxy) is 2. The molecule has 0 aliphatic carbocycles. The Hall–Kier alpha value is -2.08. The van der Waals surface area contributed by atoms with Crippen molar-refractivity contribution in [1.82, 2.24) is 4.98 Å². The standard InChI is InChI=1S/C16H20N2O3S/c1-3-8-20-13-6-5-12(11-14(13)21-9-4-2)15(19)18-16-17-7-10-22-16/h5-7,10-11H,3-4,8-9H2,1-2H3,(H,17,18,19). The van der Waals surface area contributed by atoms with E-state index < -0.39 is 0 Å². The molecule has 0 fully saturated rings. The number of hydrogen-bond acceptors (Lipinski definition) is 5. The molecule has 0 saturated carbocycles. The van der Waals surface area contributed by atoms with Gasteiger partial charge >= 0.3 is 0 Å². The highest BCUT2D eigenvalue weighted by atomic mass is 32.1. The van der Waals surface area contributed by atoms with E-state index in [4.69, 9.17) is 9.47 Å². The number of benzene rings is 1. The maximum absolute atomic E-state index is 12.2. The molecule has 1 amide bonds. The molecule has 0 atom stereocenters. The van der Waals surface area contributed by atoms with Crippen molar-refractivity contribution in [1.29, 1.82) is 0 Å². The van der Waals surface area contributed by atoms with Gasteiger partial charge in [-0.2, -0.15) is 0 Å². The minimum absolute atomic E-state index is 0.210. The number of rotatable bonds is 8. The predicted molar refractivity (Wildman–Crippen MR) is 88.1 cm³/mol. The molecule has 2 aromatic rings. The second-order valence-corrected chi connectivity index (χ2v) is 5.54.